The van der Waals surface area contributed by atoms with E-state index in [2.05, 4.69) is 29.9 Å². The number of aromatic amines is 1. The molecular weight excluding hydrogens is 672 g/mol. The van der Waals surface area contributed by atoms with Crippen LogP contribution in [0.5, 0.6) is 0 Å². The summed E-state index contributed by atoms with van der Waals surface area (Å²) in [7, 11) is -2.24. The molecule has 0 aromatic carbocycles. The van der Waals surface area contributed by atoms with Crippen LogP contribution in [0.25, 0.3) is 22.3 Å². The number of nitrogens with zero attached hydrogens (tertiary/aromatic N) is 7. The Hall–Kier alpha value is -2.75. The number of nitrogens with two attached hydrogens (primary N) is 2. The molecular formula is C20H21F2N10O8P2S2+. The van der Waals surface area contributed by atoms with Gasteiger partial charge < -0.3 is 30.4 Å². The minimum Gasteiger partial charge on any atom is -0.382 e. The Bertz CT molecular complexity index is 1880. The van der Waals surface area contributed by atoms with Gasteiger partial charge in [0.1, 0.15) is 36.8 Å². The molecule has 18 nitrogen and oxygen atoms in total. The molecule has 0 radical (unpaired) electrons. The Morgan fingerprint density at radius 2 is 1.73 bits per heavy atom. The van der Waals surface area contributed by atoms with E-state index in [1.54, 1.807) is 0 Å². The maximum absolute atomic E-state index is 15.9. The van der Waals surface area contributed by atoms with Crippen LogP contribution in [0.3, 0.4) is 0 Å². The lowest BCUT2D eigenvalue weighted by Gasteiger charge is -2.26. The van der Waals surface area contributed by atoms with Gasteiger partial charge in [0.05, 0.1) is 19.3 Å². The molecule has 3 saturated heterocycles. The Balaban J connectivity index is 1.18. The number of nitrogen functional groups attached to an aromatic ring is 2. The van der Waals surface area contributed by atoms with Crippen molar-refractivity contribution in [2.24, 2.45) is 0 Å². The molecule has 2 bridgehead atoms. The molecule has 2 unspecified atom stereocenters. The van der Waals surface area contributed by atoms with Crippen molar-refractivity contribution < 1.29 is 41.2 Å². The third kappa shape index (κ3) is 5.18. The summed E-state index contributed by atoms with van der Waals surface area (Å²) in [6, 6.07) is 0. The SMILES string of the molecule is Nc1nc2c(ncn2[C@@H]2O[C@@H]3CO[P+](=S)O[C@H]4[C@H](F)[C@H](n5cnc6c(N)ncnc65)O[C@@H]4COP(O)(=S)O[C@@H]2[C@@H]3F)c(=O)[nH]1. The summed E-state index contributed by atoms with van der Waals surface area (Å²) in [5.41, 5.74) is 11.2. The molecule has 0 saturated carbocycles. The van der Waals surface area contributed by atoms with Crippen molar-refractivity contribution in [3.05, 3.63) is 29.3 Å². The Labute approximate surface area is 254 Å². The summed E-state index contributed by atoms with van der Waals surface area (Å²) >= 11 is 10.5. The van der Waals surface area contributed by atoms with Crippen LogP contribution < -0.4 is 17.0 Å². The van der Waals surface area contributed by atoms with E-state index >= 15 is 8.78 Å². The highest BCUT2D eigenvalue weighted by Crippen LogP contribution is 2.52. The summed E-state index contributed by atoms with van der Waals surface area (Å²) in [6.45, 7) is -5.27. The number of ether oxygens (including phenoxy) is 2. The minimum atomic E-state index is -4.27. The molecule has 6 N–H and O–H groups in total. The number of aromatic nitrogens is 8. The van der Waals surface area contributed by atoms with Gasteiger partial charge >= 0.3 is 13.9 Å². The largest absolute Gasteiger partial charge is 0.522 e. The molecule has 7 heterocycles. The molecule has 234 valence electrons. The van der Waals surface area contributed by atoms with Gasteiger partial charge in [0.25, 0.3) is 5.56 Å². The van der Waals surface area contributed by atoms with E-state index in [-0.39, 0.29) is 34.1 Å². The zero-order valence-corrected chi connectivity index (χ0v) is 25.2. The normalized spacial score (nSPS) is 35.8. The first kappa shape index (κ1) is 29.9. The van der Waals surface area contributed by atoms with Gasteiger partial charge in [0.15, 0.2) is 53.5 Å². The van der Waals surface area contributed by atoms with E-state index in [1.165, 1.54) is 28.1 Å². The fourth-order valence-electron chi connectivity index (χ4n) is 5.15. The summed E-state index contributed by atoms with van der Waals surface area (Å²) < 4.78 is 68.5. The number of fused-ring (bicyclic) bond motifs is 5. The second-order valence-electron chi connectivity index (χ2n) is 9.80. The maximum Gasteiger partial charge on any atom is 0.522 e. The van der Waals surface area contributed by atoms with Crippen LogP contribution in [-0.4, -0.2) is 93.9 Å². The number of rotatable bonds is 2. The fourth-order valence-corrected chi connectivity index (χ4v) is 7.81. The van der Waals surface area contributed by atoms with Gasteiger partial charge in [0, 0.05) is 0 Å². The van der Waals surface area contributed by atoms with Crippen LogP contribution in [0, 0.1) is 0 Å². The predicted octanol–water partition coefficient (Wildman–Crippen LogP) is 0.403. The van der Waals surface area contributed by atoms with Gasteiger partial charge in [-0.3, -0.25) is 23.4 Å². The minimum absolute atomic E-state index is 0.0398. The number of halogens is 2. The number of anilines is 2. The molecule has 4 aromatic rings. The van der Waals surface area contributed by atoms with Crippen molar-refractivity contribution in [3.8, 4) is 0 Å². The maximum atomic E-state index is 15.9. The van der Waals surface area contributed by atoms with Gasteiger partial charge in [-0.25, -0.2) is 28.7 Å². The molecule has 24 heteroatoms. The molecule has 0 amide bonds. The van der Waals surface area contributed by atoms with Gasteiger partial charge in [-0.05, 0) is 11.8 Å². The standard InChI is InChI=1S/C20H20F2N10O8P2S2/c21-8-6-1-35-41(43)39-12-7(38-18(9(12)22)31-4-27-10-14(23)25-3-26-15(10)31)2-36-42(34,44)40-13(8)19(37-6)32-5-28-11-16(32)29-20(24)30-17(11)33/h3-9,12-13,18-19H,1-2H2,(H5-,23,24,25,26,29,30,33,34,44)/p+1/t6-,7-,8-,9+,12-,13-,18-,19-,42?/m1/s1. The zero-order valence-electron chi connectivity index (χ0n) is 21.8. The van der Waals surface area contributed by atoms with Crippen molar-refractivity contribution in [1.29, 1.82) is 0 Å². The van der Waals surface area contributed by atoms with Gasteiger partial charge in [-0.2, -0.15) is 4.98 Å². The smallest absolute Gasteiger partial charge is 0.382 e. The highest BCUT2D eigenvalue weighted by molar-refractivity contribution is 8.07. The molecule has 3 aliphatic heterocycles. The first-order valence-electron chi connectivity index (χ1n) is 12.7. The van der Waals surface area contributed by atoms with Crippen molar-refractivity contribution in [2.75, 3.05) is 24.7 Å². The predicted molar refractivity (Wildman–Crippen MR) is 152 cm³/mol. The van der Waals surface area contributed by atoms with E-state index in [9.17, 15) is 9.69 Å². The monoisotopic (exact) mass is 693 g/mol. The van der Waals surface area contributed by atoms with E-state index in [1.807, 2.05) is 0 Å². The second kappa shape index (κ2) is 11.2. The number of H-pyrrole nitrogens is 1. The van der Waals surface area contributed by atoms with Crippen molar-refractivity contribution >= 4 is 71.6 Å². The molecule has 4 aromatic heterocycles. The zero-order chi connectivity index (χ0) is 30.9. The average Bonchev–Trinajstić information content (AvgIpc) is 3.72. The second-order valence-corrected chi connectivity index (χ2v) is 14.4. The topological polar surface area (TPSA) is 235 Å². The van der Waals surface area contributed by atoms with Crippen LogP contribution in [-0.2, 0) is 51.2 Å². The van der Waals surface area contributed by atoms with Crippen molar-refractivity contribution in [1.82, 2.24) is 39.0 Å². The summed E-state index contributed by atoms with van der Waals surface area (Å²) in [5, 5.41) is 0. The van der Waals surface area contributed by atoms with Crippen molar-refractivity contribution in [3.63, 3.8) is 0 Å². The van der Waals surface area contributed by atoms with Crippen LogP contribution in [0.15, 0.2) is 23.8 Å². The molecule has 0 aliphatic carbocycles. The molecule has 10 atom stereocenters. The van der Waals surface area contributed by atoms with E-state index in [0.29, 0.717) is 0 Å². The Morgan fingerprint density at radius 1 is 1.00 bits per heavy atom. The summed E-state index contributed by atoms with van der Waals surface area (Å²) in [5.74, 6) is -0.140. The van der Waals surface area contributed by atoms with Gasteiger partial charge in [0.2, 0.25) is 17.8 Å². The Morgan fingerprint density at radius 3 is 2.52 bits per heavy atom. The van der Waals surface area contributed by atoms with Crippen molar-refractivity contribution in [2.45, 2.75) is 49.2 Å². The number of alkyl halides is 2. The van der Waals surface area contributed by atoms with Crippen LogP contribution >= 0.6 is 13.9 Å². The summed E-state index contributed by atoms with van der Waals surface area (Å²) in [6.07, 6.45) is -8.33. The molecule has 44 heavy (non-hydrogen) atoms. The van der Waals surface area contributed by atoms with Crippen LogP contribution in [0.4, 0.5) is 20.5 Å². The molecule has 7 rings (SSSR count). The van der Waals surface area contributed by atoms with E-state index < -0.39 is 81.9 Å². The van der Waals surface area contributed by atoms with E-state index in [0.717, 1.165) is 0 Å². The quantitative estimate of drug-likeness (QED) is 0.208. The lowest BCUT2D eigenvalue weighted by molar-refractivity contribution is -0.0565. The number of hydrogen-bond donors (Lipinski definition) is 4. The highest BCUT2D eigenvalue weighted by Gasteiger charge is 2.54. The molecule has 3 fully saturated rings. The lowest BCUT2D eigenvalue weighted by atomic mass is 10.1. The fraction of sp³-hybridized carbons (Fsp3) is 0.500. The Kier molecular flexibility index (Phi) is 7.65. The van der Waals surface area contributed by atoms with Gasteiger partial charge in [-0.1, -0.05) is 0 Å². The lowest BCUT2D eigenvalue weighted by Crippen LogP contribution is -2.33. The molecule has 0 spiro atoms. The van der Waals surface area contributed by atoms with Crippen LogP contribution in [0.1, 0.15) is 12.5 Å². The summed E-state index contributed by atoms with van der Waals surface area (Å²) in [4.78, 5) is 45.8. The first-order chi connectivity index (χ1) is 21.0. The number of hydrogen-bond acceptors (Lipinski definition) is 16. The van der Waals surface area contributed by atoms with Crippen LogP contribution in [0.2, 0.25) is 0 Å². The third-order valence-corrected chi connectivity index (χ3v) is 10.0. The van der Waals surface area contributed by atoms with Gasteiger partial charge in [-0.15, -0.1) is 9.05 Å². The first-order valence-corrected chi connectivity index (χ1v) is 17.5. The van der Waals surface area contributed by atoms with E-state index in [4.69, 9.17) is 62.6 Å². The molecule has 3 aliphatic rings. The average molecular weight is 694 g/mol. The number of imidazole rings is 2. The highest BCUT2D eigenvalue weighted by atomic mass is 32.5. The number of nitrogens with one attached hydrogen (secondary N) is 1. The third-order valence-electron chi connectivity index (χ3n) is 7.13.